The fourth-order valence-electron chi connectivity index (χ4n) is 4.16. The third-order valence-electron chi connectivity index (χ3n) is 5.64. The van der Waals surface area contributed by atoms with E-state index in [1.54, 1.807) is 23.2 Å². The molecule has 0 radical (unpaired) electrons. The van der Waals surface area contributed by atoms with Gasteiger partial charge in [-0.1, -0.05) is 18.2 Å². The van der Waals surface area contributed by atoms with Crippen LogP contribution in [0.2, 0.25) is 0 Å². The second kappa shape index (κ2) is 7.06. The van der Waals surface area contributed by atoms with E-state index in [4.69, 9.17) is 11.5 Å². The van der Waals surface area contributed by atoms with Crippen molar-refractivity contribution in [3.63, 3.8) is 0 Å². The number of aliphatic imine (C=N–C) groups is 1. The number of hydrogen-bond donors (Lipinski definition) is 3. The number of rotatable bonds is 3. The van der Waals surface area contributed by atoms with Gasteiger partial charge in [0.25, 0.3) is 10.0 Å². The molecule has 3 aromatic rings. The van der Waals surface area contributed by atoms with Gasteiger partial charge in [0.1, 0.15) is 12.0 Å². The molecule has 2 aliphatic heterocycles. The highest BCUT2D eigenvalue weighted by atomic mass is 32.2. The average Bonchev–Trinajstić information content (AvgIpc) is 3.22. The lowest BCUT2D eigenvalue weighted by atomic mass is 9.97. The zero-order valence-electron chi connectivity index (χ0n) is 16.3. The van der Waals surface area contributed by atoms with Crippen molar-refractivity contribution in [1.82, 2.24) is 15.1 Å². The van der Waals surface area contributed by atoms with Crippen molar-refractivity contribution in [2.75, 3.05) is 10.8 Å². The Hall–Kier alpha value is -3.44. The van der Waals surface area contributed by atoms with Gasteiger partial charge in [0.15, 0.2) is 11.8 Å². The van der Waals surface area contributed by atoms with Crippen molar-refractivity contribution >= 4 is 27.5 Å². The largest absolute Gasteiger partial charge is 0.369 e. The van der Waals surface area contributed by atoms with Crippen molar-refractivity contribution < 1.29 is 12.8 Å². The molecule has 2 atom stereocenters. The number of nitrogens with one attached hydrogen (secondary N) is 1. The molecule has 2 unspecified atom stereocenters. The third kappa shape index (κ3) is 3.13. The summed E-state index contributed by atoms with van der Waals surface area (Å²) in [4.78, 5) is 6.07. The summed E-state index contributed by atoms with van der Waals surface area (Å²) in [5.74, 6) is 0.177. The third-order valence-corrected chi connectivity index (χ3v) is 7.44. The maximum absolute atomic E-state index is 13.5. The minimum atomic E-state index is -3.95. The Bertz CT molecular complexity index is 1270. The van der Waals surface area contributed by atoms with Gasteiger partial charge >= 0.3 is 0 Å². The fraction of sp³-hybridized carbons (Fsp3) is 0.200. The zero-order chi connectivity index (χ0) is 21.8. The maximum atomic E-state index is 13.5. The molecule has 11 heteroatoms. The number of nitrogens with two attached hydrogens (primary N) is 2. The zero-order valence-corrected chi connectivity index (χ0v) is 17.1. The predicted molar refractivity (Wildman–Crippen MR) is 114 cm³/mol. The lowest BCUT2D eigenvalue weighted by Crippen LogP contribution is -2.57. The molecule has 0 saturated heterocycles. The van der Waals surface area contributed by atoms with Gasteiger partial charge in [-0.2, -0.15) is 10.1 Å². The summed E-state index contributed by atoms with van der Waals surface area (Å²) in [6.45, 7) is 0.105. The molecule has 0 aliphatic carbocycles. The normalized spacial score (nSPS) is 20.8. The van der Waals surface area contributed by atoms with Gasteiger partial charge in [-0.15, -0.1) is 0 Å². The number of nitrogens with zero attached hydrogens (tertiary/aromatic N) is 4. The number of guanidine groups is 1. The number of benzene rings is 2. The van der Waals surface area contributed by atoms with Gasteiger partial charge < -0.3 is 16.4 Å². The van der Waals surface area contributed by atoms with E-state index in [0.717, 1.165) is 17.7 Å². The van der Waals surface area contributed by atoms with E-state index >= 15 is 0 Å². The number of halogens is 1. The van der Waals surface area contributed by atoms with Crippen LogP contribution in [0.25, 0.3) is 0 Å². The predicted octanol–water partition coefficient (Wildman–Crippen LogP) is 1.59. The number of sulfonamides is 1. The Morgan fingerprint density at radius 3 is 2.65 bits per heavy atom. The first kappa shape index (κ1) is 19.5. The average molecular weight is 441 g/mol. The molecule has 31 heavy (non-hydrogen) atoms. The number of fused-ring (bicyclic) bond motifs is 2. The highest BCUT2D eigenvalue weighted by Crippen LogP contribution is 2.37. The van der Waals surface area contributed by atoms with Crippen molar-refractivity contribution in [2.45, 2.75) is 23.5 Å². The van der Waals surface area contributed by atoms with E-state index in [1.165, 1.54) is 16.4 Å². The molecule has 2 aliphatic rings. The Kier molecular flexibility index (Phi) is 4.45. The van der Waals surface area contributed by atoms with Crippen LogP contribution in [0.1, 0.15) is 17.3 Å². The van der Waals surface area contributed by atoms with Crippen LogP contribution in [-0.2, 0) is 16.4 Å². The standard InChI is InChI=1S/C20H20FN7O2S/c21-13-5-7-15(8-6-13)31(29,30)27-11-14(9-12-3-1-2-4-17(12)27)28-18(22)16-10-24-26-19(16)25-20(28)23/h1-8,10,14,18H,9,11,22H2,(H3,23,24,25,26). The topological polar surface area (TPSA) is 134 Å². The summed E-state index contributed by atoms with van der Waals surface area (Å²) < 4.78 is 41.7. The molecule has 5 N–H and O–H groups in total. The first-order valence-corrected chi connectivity index (χ1v) is 11.1. The smallest absolute Gasteiger partial charge is 0.264 e. The lowest BCUT2D eigenvalue weighted by molar-refractivity contribution is 0.233. The monoisotopic (exact) mass is 441 g/mol. The number of hydrogen-bond acceptors (Lipinski definition) is 7. The summed E-state index contributed by atoms with van der Waals surface area (Å²) in [6, 6.07) is 11.7. The highest BCUT2D eigenvalue weighted by molar-refractivity contribution is 7.92. The van der Waals surface area contributed by atoms with Gasteiger partial charge in [0, 0.05) is 0 Å². The van der Waals surface area contributed by atoms with E-state index in [0.29, 0.717) is 23.5 Å². The van der Waals surface area contributed by atoms with Crippen molar-refractivity contribution in [3.05, 3.63) is 71.7 Å². The van der Waals surface area contributed by atoms with Crippen LogP contribution in [0.5, 0.6) is 0 Å². The van der Waals surface area contributed by atoms with Gasteiger partial charge in [-0.25, -0.2) is 12.8 Å². The quantitative estimate of drug-likeness (QED) is 0.565. The van der Waals surface area contributed by atoms with E-state index in [-0.39, 0.29) is 23.4 Å². The Morgan fingerprint density at radius 2 is 1.87 bits per heavy atom. The Morgan fingerprint density at radius 1 is 1.13 bits per heavy atom. The molecule has 0 saturated carbocycles. The summed E-state index contributed by atoms with van der Waals surface area (Å²) >= 11 is 0. The number of aromatic nitrogens is 2. The molecule has 0 bridgehead atoms. The Balaban J connectivity index is 1.57. The van der Waals surface area contributed by atoms with Crippen molar-refractivity contribution in [1.29, 1.82) is 0 Å². The second-order valence-corrected chi connectivity index (χ2v) is 9.34. The summed E-state index contributed by atoms with van der Waals surface area (Å²) in [7, 11) is -3.95. The van der Waals surface area contributed by atoms with Gasteiger partial charge in [0.2, 0.25) is 0 Å². The van der Waals surface area contributed by atoms with E-state index < -0.39 is 22.0 Å². The maximum Gasteiger partial charge on any atom is 0.264 e. The van der Waals surface area contributed by atoms with E-state index in [2.05, 4.69) is 15.2 Å². The van der Waals surface area contributed by atoms with Crippen LogP contribution in [0.3, 0.4) is 0 Å². The number of anilines is 1. The molecule has 3 heterocycles. The molecule has 1 aromatic heterocycles. The van der Waals surface area contributed by atoms with Crippen LogP contribution in [0.4, 0.5) is 15.9 Å². The molecular weight excluding hydrogens is 421 g/mol. The van der Waals surface area contributed by atoms with Gasteiger partial charge in [-0.05, 0) is 42.3 Å². The van der Waals surface area contributed by atoms with Crippen LogP contribution in [0, 0.1) is 5.82 Å². The summed E-state index contributed by atoms with van der Waals surface area (Å²) in [5.41, 5.74) is 14.8. The first-order valence-electron chi connectivity index (χ1n) is 9.64. The summed E-state index contributed by atoms with van der Waals surface area (Å²) in [6.07, 6.45) is 1.49. The number of aromatic amines is 1. The SMILES string of the molecule is NC1=Nc2[nH]ncc2C(N)N1C1Cc2ccccc2N(S(=O)(=O)c2ccc(F)cc2)C1. The Labute approximate surface area is 178 Å². The molecule has 5 rings (SSSR count). The minimum absolute atomic E-state index is 0.00561. The number of para-hydroxylation sites is 1. The van der Waals surface area contributed by atoms with Crippen molar-refractivity contribution in [2.24, 2.45) is 16.5 Å². The number of H-pyrrole nitrogens is 1. The van der Waals surface area contributed by atoms with Crippen LogP contribution >= 0.6 is 0 Å². The molecule has 9 nitrogen and oxygen atoms in total. The fourth-order valence-corrected chi connectivity index (χ4v) is 5.70. The summed E-state index contributed by atoms with van der Waals surface area (Å²) in [5, 5.41) is 6.73. The van der Waals surface area contributed by atoms with Crippen LogP contribution < -0.4 is 15.8 Å². The van der Waals surface area contributed by atoms with Crippen LogP contribution in [-0.4, -0.2) is 42.1 Å². The van der Waals surface area contributed by atoms with E-state index in [9.17, 15) is 12.8 Å². The van der Waals surface area contributed by atoms with Crippen LogP contribution in [0.15, 0.2) is 64.6 Å². The first-order chi connectivity index (χ1) is 14.9. The van der Waals surface area contributed by atoms with Gasteiger partial charge in [-0.3, -0.25) is 9.40 Å². The molecule has 0 spiro atoms. The lowest BCUT2D eigenvalue weighted by Gasteiger charge is -2.44. The molecule has 0 fully saturated rings. The molecular formula is C20H20FN7O2S. The molecule has 160 valence electrons. The second-order valence-electron chi connectivity index (χ2n) is 7.47. The van der Waals surface area contributed by atoms with E-state index in [1.807, 2.05) is 12.1 Å². The minimum Gasteiger partial charge on any atom is -0.369 e. The molecule has 0 amide bonds. The molecule has 2 aromatic carbocycles. The van der Waals surface area contributed by atoms with Gasteiger partial charge in [0.05, 0.1) is 34.9 Å². The highest BCUT2D eigenvalue weighted by Gasteiger charge is 2.40. The van der Waals surface area contributed by atoms with Crippen molar-refractivity contribution in [3.8, 4) is 0 Å².